The predicted octanol–water partition coefficient (Wildman–Crippen LogP) is 5.87. The van der Waals surface area contributed by atoms with Crippen molar-refractivity contribution in [3.05, 3.63) is 81.7 Å². The lowest BCUT2D eigenvalue weighted by Gasteiger charge is -2.11. The fraction of sp³-hybridized carbons (Fsp3) is 0.125. The molecule has 4 aromatic rings. The van der Waals surface area contributed by atoms with Crippen LogP contribution in [0.3, 0.4) is 0 Å². The number of anilines is 1. The van der Waals surface area contributed by atoms with Crippen LogP contribution < -0.4 is 20.1 Å². The van der Waals surface area contributed by atoms with E-state index in [0.717, 1.165) is 5.56 Å². The summed E-state index contributed by atoms with van der Waals surface area (Å²) in [6.07, 6.45) is 0.474. The first kappa shape index (κ1) is 23.8. The second kappa shape index (κ2) is 10.3. The molecule has 1 aromatic heterocycles. The van der Waals surface area contributed by atoms with Crippen molar-refractivity contribution in [2.45, 2.75) is 6.42 Å². The number of methoxy groups -OCH3 is 2. The van der Waals surface area contributed by atoms with Crippen molar-refractivity contribution in [3.63, 3.8) is 0 Å². The molecule has 0 unspecified atom stereocenters. The Balaban J connectivity index is 1.38. The van der Waals surface area contributed by atoms with Gasteiger partial charge in [-0.25, -0.2) is 4.98 Å². The number of thiocarbonyl (C=S) groups is 1. The summed E-state index contributed by atoms with van der Waals surface area (Å²) in [4.78, 5) is 17.0. The van der Waals surface area contributed by atoms with E-state index in [2.05, 4.69) is 15.6 Å². The Labute approximate surface area is 211 Å². The third-order valence-electron chi connectivity index (χ3n) is 4.86. The van der Waals surface area contributed by atoms with Crippen molar-refractivity contribution in [2.75, 3.05) is 19.5 Å². The van der Waals surface area contributed by atoms with Gasteiger partial charge in [-0.05, 0) is 54.2 Å². The van der Waals surface area contributed by atoms with Gasteiger partial charge in [0.1, 0.15) is 17.0 Å². The number of ether oxygens (including phenoxy) is 2. The van der Waals surface area contributed by atoms with E-state index in [1.54, 1.807) is 30.3 Å². The first-order chi connectivity index (χ1) is 16.3. The number of nitrogens with zero attached hydrogens (tertiary/aromatic N) is 1. The van der Waals surface area contributed by atoms with Gasteiger partial charge in [0.2, 0.25) is 0 Å². The molecule has 0 aliphatic carbocycles. The van der Waals surface area contributed by atoms with E-state index in [-0.39, 0.29) is 11.0 Å². The first-order valence-electron chi connectivity index (χ1n) is 10.0. The number of benzene rings is 3. The zero-order valence-electron chi connectivity index (χ0n) is 18.1. The molecular weight excluding hydrogens is 497 g/mol. The molecule has 0 spiro atoms. The average Bonchev–Trinajstić information content (AvgIpc) is 3.22. The van der Waals surface area contributed by atoms with E-state index < -0.39 is 0 Å². The van der Waals surface area contributed by atoms with Gasteiger partial charge in [0.15, 0.2) is 16.6 Å². The number of hydrogen-bond acceptors (Lipinski definition) is 6. The summed E-state index contributed by atoms with van der Waals surface area (Å²) < 4.78 is 16.2. The van der Waals surface area contributed by atoms with Gasteiger partial charge in [0.05, 0.1) is 19.2 Å². The van der Waals surface area contributed by atoms with E-state index in [9.17, 15) is 4.79 Å². The Morgan fingerprint density at radius 2 is 1.71 bits per heavy atom. The van der Waals surface area contributed by atoms with Gasteiger partial charge in [0, 0.05) is 28.8 Å². The number of carbonyl (C=O) groups is 1. The average molecular weight is 516 g/mol. The molecule has 3 aromatic carbocycles. The maximum Gasteiger partial charge on any atom is 0.257 e. The summed E-state index contributed by atoms with van der Waals surface area (Å²) in [5.74, 6) is 1.14. The van der Waals surface area contributed by atoms with Crippen molar-refractivity contribution in [1.82, 2.24) is 10.3 Å². The van der Waals surface area contributed by atoms with Crippen LogP contribution in [0.5, 0.6) is 11.5 Å². The van der Waals surface area contributed by atoms with Gasteiger partial charge in [-0.3, -0.25) is 10.1 Å². The van der Waals surface area contributed by atoms with Crippen LogP contribution in [0.1, 0.15) is 21.8 Å². The van der Waals surface area contributed by atoms with Crippen LogP contribution in [0.15, 0.2) is 59.0 Å². The molecule has 0 aliphatic heterocycles. The number of hydrogen-bond donors (Lipinski definition) is 2. The van der Waals surface area contributed by atoms with Crippen LogP contribution in [0.4, 0.5) is 5.69 Å². The molecule has 1 amide bonds. The second-order valence-electron chi connectivity index (χ2n) is 7.23. The number of halogens is 2. The number of nitrogens with one attached hydrogen (secondary N) is 2. The summed E-state index contributed by atoms with van der Waals surface area (Å²) in [6, 6.07) is 15.7. The van der Waals surface area contributed by atoms with E-state index in [1.807, 2.05) is 24.3 Å². The molecule has 2 N–H and O–H groups in total. The highest BCUT2D eigenvalue weighted by Gasteiger charge is 2.13. The highest BCUT2D eigenvalue weighted by molar-refractivity contribution is 7.80. The maximum atomic E-state index is 12.6. The van der Waals surface area contributed by atoms with Gasteiger partial charge >= 0.3 is 0 Å². The number of carbonyl (C=O) groups excluding carboxylic acids is 1. The van der Waals surface area contributed by atoms with Crippen LogP contribution in [-0.2, 0) is 6.42 Å². The number of aromatic nitrogens is 1. The third kappa shape index (κ3) is 5.59. The third-order valence-corrected chi connectivity index (χ3v) is 5.56. The molecule has 34 heavy (non-hydrogen) atoms. The monoisotopic (exact) mass is 515 g/mol. The van der Waals surface area contributed by atoms with Gasteiger partial charge in [0.25, 0.3) is 5.91 Å². The minimum Gasteiger partial charge on any atom is -0.497 e. The number of rotatable bonds is 6. The normalized spacial score (nSPS) is 10.7. The number of amides is 1. The predicted molar refractivity (Wildman–Crippen MR) is 137 cm³/mol. The highest BCUT2D eigenvalue weighted by atomic mass is 35.5. The zero-order chi connectivity index (χ0) is 24.2. The second-order valence-corrected chi connectivity index (χ2v) is 8.48. The molecule has 0 radical (unpaired) electrons. The summed E-state index contributed by atoms with van der Waals surface area (Å²) in [5.41, 5.74) is 3.16. The maximum absolute atomic E-state index is 12.6. The molecule has 10 heteroatoms. The number of fused-ring (bicyclic) bond motifs is 1. The minimum atomic E-state index is -0.388. The van der Waals surface area contributed by atoms with Gasteiger partial charge in [-0.15, -0.1) is 0 Å². The summed E-state index contributed by atoms with van der Waals surface area (Å²) in [6.45, 7) is 0. The highest BCUT2D eigenvalue weighted by Crippen LogP contribution is 2.29. The molecule has 4 rings (SSSR count). The first-order valence-corrected chi connectivity index (χ1v) is 11.2. The summed E-state index contributed by atoms with van der Waals surface area (Å²) in [7, 11) is 3.03. The lowest BCUT2D eigenvalue weighted by Crippen LogP contribution is -2.34. The van der Waals surface area contributed by atoms with Crippen LogP contribution in [0, 0.1) is 0 Å². The SMILES string of the molecule is COc1cc(OC)cc(C(=O)NC(=S)Nc2ccc(Cc3nc4cc(Cl)cc(Cl)c4o3)cc2)c1. The van der Waals surface area contributed by atoms with Crippen molar-refractivity contribution >= 4 is 63.2 Å². The Morgan fingerprint density at radius 3 is 2.35 bits per heavy atom. The quantitative estimate of drug-likeness (QED) is 0.310. The van der Waals surface area contributed by atoms with Crippen molar-refractivity contribution in [1.29, 1.82) is 0 Å². The molecule has 1 heterocycles. The fourth-order valence-corrected chi connectivity index (χ4v) is 3.97. The molecular formula is C24H19Cl2N3O4S. The van der Waals surface area contributed by atoms with Crippen LogP contribution in [-0.4, -0.2) is 30.2 Å². The van der Waals surface area contributed by atoms with Crippen molar-refractivity contribution < 1.29 is 18.7 Å². The summed E-state index contributed by atoms with van der Waals surface area (Å²) in [5, 5.41) is 6.72. The lowest BCUT2D eigenvalue weighted by atomic mass is 10.1. The van der Waals surface area contributed by atoms with E-state index in [0.29, 0.717) is 56.2 Å². The van der Waals surface area contributed by atoms with Crippen molar-refractivity contribution in [2.24, 2.45) is 0 Å². The van der Waals surface area contributed by atoms with Crippen LogP contribution >= 0.6 is 35.4 Å². The molecule has 0 aliphatic rings. The Kier molecular flexibility index (Phi) is 7.21. The fourth-order valence-electron chi connectivity index (χ4n) is 3.24. The van der Waals surface area contributed by atoms with Crippen LogP contribution in [0.25, 0.3) is 11.1 Å². The van der Waals surface area contributed by atoms with Gasteiger partial charge in [-0.1, -0.05) is 35.3 Å². The van der Waals surface area contributed by atoms with E-state index >= 15 is 0 Å². The van der Waals surface area contributed by atoms with Crippen LogP contribution in [0.2, 0.25) is 10.0 Å². The molecule has 0 fully saturated rings. The van der Waals surface area contributed by atoms with Crippen molar-refractivity contribution in [3.8, 4) is 11.5 Å². The van der Waals surface area contributed by atoms with Gasteiger partial charge < -0.3 is 19.2 Å². The Hall–Kier alpha value is -3.33. The Bertz CT molecular complexity index is 1350. The lowest BCUT2D eigenvalue weighted by molar-refractivity contribution is 0.0977. The molecule has 7 nitrogen and oxygen atoms in total. The molecule has 174 valence electrons. The largest absolute Gasteiger partial charge is 0.497 e. The van der Waals surface area contributed by atoms with E-state index in [4.69, 9.17) is 49.3 Å². The topological polar surface area (TPSA) is 85.6 Å². The standard InChI is InChI=1S/C24H19Cl2N3O4S/c1-31-17-8-14(9-18(12-17)32-2)23(30)29-24(34)27-16-5-3-13(4-6-16)7-21-28-20-11-15(25)10-19(26)22(20)33-21/h3-6,8-12H,7H2,1-2H3,(H2,27,29,30,34). The molecule has 0 atom stereocenters. The smallest absolute Gasteiger partial charge is 0.257 e. The molecule has 0 saturated carbocycles. The molecule has 0 bridgehead atoms. The Morgan fingerprint density at radius 1 is 1.03 bits per heavy atom. The molecule has 0 saturated heterocycles. The van der Waals surface area contributed by atoms with Gasteiger partial charge in [-0.2, -0.15) is 0 Å². The number of oxazole rings is 1. The minimum absolute atomic E-state index is 0.157. The zero-order valence-corrected chi connectivity index (χ0v) is 20.5. The van der Waals surface area contributed by atoms with E-state index in [1.165, 1.54) is 14.2 Å². The summed E-state index contributed by atoms with van der Waals surface area (Å²) >= 11 is 17.5.